The topological polar surface area (TPSA) is 77.4 Å². The maximum absolute atomic E-state index is 12.7. The van der Waals surface area contributed by atoms with Crippen molar-refractivity contribution in [3.63, 3.8) is 0 Å². The first-order chi connectivity index (χ1) is 18.9. The maximum atomic E-state index is 12.7. The quantitative estimate of drug-likeness (QED) is 0.342. The molecule has 0 unspecified atom stereocenters. The molecule has 0 aromatic heterocycles. The van der Waals surface area contributed by atoms with Crippen LogP contribution in [-0.4, -0.2) is 60.3 Å². The number of aliphatic hydroxyl groups excluding tert-OH is 1. The molecule has 1 aliphatic heterocycles. The van der Waals surface area contributed by atoms with Crippen LogP contribution in [0.2, 0.25) is 18.1 Å². The van der Waals surface area contributed by atoms with Gasteiger partial charge in [0.25, 0.3) is 0 Å². The lowest BCUT2D eigenvalue weighted by Crippen LogP contribution is -2.77. The van der Waals surface area contributed by atoms with Gasteiger partial charge in [-0.3, -0.25) is 0 Å². The molecule has 1 saturated heterocycles. The fourth-order valence-electron chi connectivity index (χ4n) is 7.06. The summed E-state index contributed by atoms with van der Waals surface area (Å²) in [5.41, 5.74) is -0.491. The molecular formula is C33H48O6Si. The lowest BCUT2D eigenvalue weighted by molar-refractivity contribution is -0.297. The van der Waals surface area contributed by atoms with Crippen LogP contribution in [0.5, 0.6) is 0 Å². The summed E-state index contributed by atoms with van der Waals surface area (Å²) >= 11 is 0. The van der Waals surface area contributed by atoms with Crippen LogP contribution in [0.4, 0.5) is 0 Å². The first kappa shape index (κ1) is 29.9. The van der Waals surface area contributed by atoms with Gasteiger partial charge in [-0.1, -0.05) is 94.8 Å². The summed E-state index contributed by atoms with van der Waals surface area (Å²) in [6, 6.07) is 20.2. The van der Waals surface area contributed by atoms with Gasteiger partial charge in [0, 0.05) is 5.92 Å². The summed E-state index contributed by atoms with van der Waals surface area (Å²) in [5, 5.41) is 24.2. The lowest BCUT2D eigenvalue weighted by Gasteiger charge is -2.59. The van der Waals surface area contributed by atoms with Crippen molar-refractivity contribution in [2.45, 2.75) is 126 Å². The Hall–Kier alpha value is -1.58. The summed E-state index contributed by atoms with van der Waals surface area (Å²) in [6.07, 6.45) is -0.249. The Morgan fingerprint density at radius 1 is 0.900 bits per heavy atom. The van der Waals surface area contributed by atoms with Crippen LogP contribution in [0, 0.1) is 5.92 Å². The fourth-order valence-corrected chi connectivity index (χ4v) is 8.37. The Morgan fingerprint density at radius 2 is 1.48 bits per heavy atom. The highest BCUT2D eigenvalue weighted by Gasteiger charge is 2.79. The van der Waals surface area contributed by atoms with E-state index in [1.807, 2.05) is 48.5 Å². The normalized spacial score (nSPS) is 35.6. The Bertz CT molecular complexity index is 1120. The molecule has 5 rings (SSSR count). The monoisotopic (exact) mass is 568 g/mol. The number of hydrogen-bond donors (Lipinski definition) is 2. The van der Waals surface area contributed by atoms with E-state index >= 15 is 0 Å². The number of hydrogen-bond acceptors (Lipinski definition) is 6. The molecule has 1 heterocycles. The van der Waals surface area contributed by atoms with Gasteiger partial charge in [-0.05, 0) is 48.5 Å². The van der Waals surface area contributed by atoms with E-state index in [2.05, 4.69) is 52.9 Å². The molecule has 3 aliphatic rings. The van der Waals surface area contributed by atoms with Crippen LogP contribution < -0.4 is 0 Å². The highest BCUT2D eigenvalue weighted by Crippen LogP contribution is 2.62. The first-order valence-electron chi connectivity index (χ1n) is 15.0. The standard InChI is InChI=1S/C33H48O6Si/c1-7-20-32-30(37-22-24-16-12-9-13-17-24)29(36-21-23-14-10-8-11-15-23)28(39-40(5,6)31(2,3)4)27-25(38-32)18-19-26(34)33(27,32)35/h8-17,25-30,34-35H,7,18-22H2,1-6H3/t25-,26-,27+,28-,29+,30-,32-,33-/m1/s1. The van der Waals surface area contributed by atoms with Crippen molar-refractivity contribution in [1.29, 1.82) is 0 Å². The van der Waals surface area contributed by atoms with E-state index in [0.29, 0.717) is 32.5 Å². The molecule has 2 N–H and O–H groups in total. The van der Waals surface area contributed by atoms with Crippen molar-refractivity contribution in [1.82, 2.24) is 0 Å². The van der Waals surface area contributed by atoms with Gasteiger partial charge in [-0.25, -0.2) is 0 Å². The highest BCUT2D eigenvalue weighted by atomic mass is 28.4. The van der Waals surface area contributed by atoms with Crippen molar-refractivity contribution >= 4 is 8.32 Å². The second-order valence-electron chi connectivity index (χ2n) is 13.6. The minimum absolute atomic E-state index is 0.0505. The molecule has 8 atom stereocenters. The summed E-state index contributed by atoms with van der Waals surface area (Å²) < 4.78 is 27.8. The molecule has 2 aromatic rings. The predicted molar refractivity (Wildman–Crippen MR) is 158 cm³/mol. The largest absolute Gasteiger partial charge is 0.411 e. The number of benzene rings is 2. The third kappa shape index (κ3) is 5.02. The molecule has 0 radical (unpaired) electrons. The molecule has 3 fully saturated rings. The van der Waals surface area contributed by atoms with Gasteiger partial charge in [-0.2, -0.15) is 0 Å². The third-order valence-electron chi connectivity index (χ3n) is 10.0. The molecule has 0 amide bonds. The van der Waals surface area contributed by atoms with E-state index in [0.717, 1.165) is 17.5 Å². The predicted octanol–water partition coefficient (Wildman–Crippen LogP) is 6.00. The maximum Gasteiger partial charge on any atom is 0.192 e. The number of aliphatic hydroxyl groups is 2. The summed E-state index contributed by atoms with van der Waals surface area (Å²) in [5.74, 6) is -0.408. The van der Waals surface area contributed by atoms with Gasteiger partial charge >= 0.3 is 0 Å². The van der Waals surface area contributed by atoms with E-state index in [1.165, 1.54) is 0 Å². The van der Waals surface area contributed by atoms with Crippen LogP contribution in [0.3, 0.4) is 0 Å². The van der Waals surface area contributed by atoms with Crippen LogP contribution in [0.1, 0.15) is 64.5 Å². The summed E-state index contributed by atoms with van der Waals surface area (Å²) in [7, 11) is -2.33. The van der Waals surface area contributed by atoms with Crippen molar-refractivity contribution in [3.05, 3.63) is 71.8 Å². The van der Waals surface area contributed by atoms with E-state index in [-0.39, 0.29) is 11.1 Å². The van der Waals surface area contributed by atoms with E-state index in [4.69, 9.17) is 18.6 Å². The summed E-state index contributed by atoms with van der Waals surface area (Å²) in [4.78, 5) is 0. The second-order valence-corrected chi connectivity index (χ2v) is 18.3. The zero-order valence-electron chi connectivity index (χ0n) is 25.0. The Kier molecular flexibility index (Phi) is 8.41. The molecule has 2 aliphatic carbocycles. The van der Waals surface area contributed by atoms with Crippen molar-refractivity contribution < 1.29 is 28.8 Å². The molecule has 2 aromatic carbocycles. The van der Waals surface area contributed by atoms with Gasteiger partial charge in [0.05, 0.1) is 31.5 Å². The van der Waals surface area contributed by atoms with Crippen LogP contribution in [0.15, 0.2) is 60.7 Å². The molecule has 0 spiro atoms. The molecule has 7 heteroatoms. The Balaban J connectivity index is 1.61. The van der Waals surface area contributed by atoms with Crippen LogP contribution in [-0.2, 0) is 31.9 Å². The van der Waals surface area contributed by atoms with Crippen LogP contribution in [0.25, 0.3) is 0 Å². The zero-order chi connectivity index (χ0) is 28.8. The molecular weight excluding hydrogens is 520 g/mol. The molecule has 40 heavy (non-hydrogen) atoms. The molecule has 220 valence electrons. The van der Waals surface area contributed by atoms with Crippen LogP contribution >= 0.6 is 0 Å². The van der Waals surface area contributed by atoms with E-state index < -0.39 is 49.9 Å². The lowest BCUT2D eigenvalue weighted by atomic mass is 9.56. The van der Waals surface area contributed by atoms with Crippen molar-refractivity contribution in [2.24, 2.45) is 5.92 Å². The van der Waals surface area contributed by atoms with Crippen molar-refractivity contribution in [3.8, 4) is 0 Å². The Labute approximate surface area is 241 Å². The molecule has 2 saturated carbocycles. The second kappa shape index (κ2) is 11.2. The average Bonchev–Trinajstić information content (AvgIpc) is 3.02. The minimum Gasteiger partial charge on any atom is -0.411 e. The first-order valence-corrected chi connectivity index (χ1v) is 17.9. The Morgan fingerprint density at radius 3 is 2.02 bits per heavy atom. The smallest absolute Gasteiger partial charge is 0.192 e. The molecule has 6 nitrogen and oxygen atoms in total. The SMILES string of the molecule is CCC[C@]12O[C@@H]3CC[C@@H](O)[C@@]1(O)[C@@H]3[C@@H](O[Si](C)(C)C(C)(C)C)[C@H](OCc1ccccc1)[C@H]2OCc1ccccc1. The highest BCUT2D eigenvalue weighted by molar-refractivity contribution is 6.74. The van der Waals surface area contributed by atoms with E-state index in [9.17, 15) is 10.2 Å². The summed E-state index contributed by atoms with van der Waals surface area (Å²) in [6.45, 7) is 14.0. The fraction of sp³-hybridized carbons (Fsp3) is 0.636. The minimum atomic E-state index is -2.33. The number of ether oxygens (including phenoxy) is 3. The van der Waals surface area contributed by atoms with Gasteiger partial charge in [-0.15, -0.1) is 0 Å². The average molecular weight is 569 g/mol. The number of rotatable bonds is 10. The van der Waals surface area contributed by atoms with Gasteiger partial charge in [0.1, 0.15) is 23.4 Å². The molecule has 4 bridgehead atoms. The van der Waals surface area contributed by atoms with E-state index in [1.54, 1.807) is 0 Å². The van der Waals surface area contributed by atoms with Gasteiger partial charge in [0.2, 0.25) is 0 Å². The van der Waals surface area contributed by atoms with Crippen molar-refractivity contribution in [2.75, 3.05) is 0 Å². The zero-order valence-corrected chi connectivity index (χ0v) is 26.0. The van der Waals surface area contributed by atoms with Gasteiger partial charge in [0.15, 0.2) is 8.32 Å². The third-order valence-corrected chi connectivity index (χ3v) is 14.5. The van der Waals surface area contributed by atoms with Gasteiger partial charge < -0.3 is 28.8 Å².